The van der Waals surface area contributed by atoms with Crippen molar-refractivity contribution in [3.8, 4) is 0 Å². The van der Waals surface area contributed by atoms with Gasteiger partial charge in [-0.2, -0.15) is 0 Å². The van der Waals surface area contributed by atoms with Crippen molar-refractivity contribution in [2.75, 3.05) is 24.1 Å². The summed E-state index contributed by atoms with van der Waals surface area (Å²) < 4.78 is 13.0. The smallest absolute Gasteiger partial charge is 0.195 e. The number of aliphatic imine (C=N–C) groups is 1. The monoisotopic (exact) mass is 194 g/mol. The first-order valence-corrected chi connectivity index (χ1v) is 4.37. The molecule has 0 fully saturated rings. The zero-order chi connectivity index (χ0) is 9.97. The predicted octanol–water partition coefficient (Wildman–Crippen LogP) is 0.779. The van der Waals surface area contributed by atoms with Gasteiger partial charge in [-0.05, 0) is 12.1 Å². The van der Waals surface area contributed by atoms with E-state index in [1.54, 1.807) is 12.1 Å². The molecular weight excluding hydrogens is 183 g/mol. The molecule has 4 N–H and O–H groups in total. The number of nitrogens with zero attached hydrogens (tertiary/aromatic N) is 1. The molecule has 1 aromatic rings. The van der Waals surface area contributed by atoms with Crippen LogP contribution in [0.5, 0.6) is 0 Å². The normalized spacial score (nSPS) is 14.8. The molecule has 0 aromatic heterocycles. The number of anilines is 2. The van der Waals surface area contributed by atoms with Gasteiger partial charge in [0.25, 0.3) is 0 Å². The molecule has 1 aromatic carbocycles. The summed E-state index contributed by atoms with van der Waals surface area (Å²) in [5, 5.41) is 5.94. The summed E-state index contributed by atoms with van der Waals surface area (Å²) in [4.78, 5) is 4.12. The highest BCUT2D eigenvalue weighted by atomic mass is 19.1. The summed E-state index contributed by atoms with van der Waals surface area (Å²) in [5.41, 5.74) is 6.20. The maximum absolute atomic E-state index is 13.0. The van der Waals surface area contributed by atoms with Crippen LogP contribution in [-0.2, 0) is 0 Å². The first-order chi connectivity index (χ1) is 6.77. The third-order valence-corrected chi connectivity index (χ3v) is 1.98. The minimum absolute atomic E-state index is 0.115. The van der Waals surface area contributed by atoms with Crippen LogP contribution >= 0.6 is 0 Å². The molecule has 1 aliphatic rings. The van der Waals surface area contributed by atoms with Crippen LogP contribution in [0, 0.1) is 5.82 Å². The van der Waals surface area contributed by atoms with Gasteiger partial charge in [0.15, 0.2) is 5.96 Å². The third kappa shape index (κ3) is 1.61. The Labute approximate surface area is 81.0 Å². The van der Waals surface area contributed by atoms with Gasteiger partial charge in [0.1, 0.15) is 5.82 Å². The Kier molecular flexibility index (Phi) is 2.22. The van der Waals surface area contributed by atoms with Crippen LogP contribution in [0.25, 0.3) is 0 Å². The standard InChI is InChI=1S/C9H11FN4/c10-6-2-1-3-7(8(6)11)14-9-12-4-5-13-9/h1-3H,4-5,11H2,(H2,12,13,14). The Balaban J connectivity index is 2.20. The Hall–Kier alpha value is -1.78. The molecule has 4 nitrogen and oxygen atoms in total. The van der Waals surface area contributed by atoms with Gasteiger partial charge >= 0.3 is 0 Å². The van der Waals surface area contributed by atoms with Gasteiger partial charge in [-0.15, -0.1) is 0 Å². The fraction of sp³-hybridized carbons (Fsp3) is 0.222. The molecular formula is C9H11FN4. The molecule has 0 bridgehead atoms. The van der Waals surface area contributed by atoms with Crippen molar-refractivity contribution in [3.05, 3.63) is 24.0 Å². The molecule has 2 rings (SSSR count). The van der Waals surface area contributed by atoms with Crippen LogP contribution < -0.4 is 16.4 Å². The summed E-state index contributed by atoms with van der Waals surface area (Å²) >= 11 is 0. The Bertz CT molecular complexity index is 375. The molecule has 0 radical (unpaired) electrons. The van der Waals surface area contributed by atoms with Crippen LogP contribution in [0.3, 0.4) is 0 Å². The van der Waals surface area contributed by atoms with E-state index in [0.29, 0.717) is 11.6 Å². The summed E-state index contributed by atoms with van der Waals surface area (Å²) in [5.74, 6) is 0.218. The van der Waals surface area contributed by atoms with Gasteiger partial charge in [0, 0.05) is 6.54 Å². The van der Waals surface area contributed by atoms with E-state index in [9.17, 15) is 4.39 Å². The average Bonchev–Trinajstić information content (AvgIpc) is 2.66. The fourth-order valence-corrected chi connectivity index (χ4v) is 1.26. The molecule has 0 spiro atoms. The number of hydrogen-bond acceptors (Lipinski definition) is 4. The van der Waals surface area contributed by atoms with Crippen molar-refractivity contribution in [1.82, 2.24) is 5.32 Å². The highest BCUT2D eigenvalue weighted by Crippen LogP contribution is 2.20. The third-order valence-electron chi connectivity index (χ3n) is 1.98. The minimum Gasteiger partial charge on any atom is -0.395 e. The van der Waals surface area contributed by atoms with Crippen molar-refractivity contribution in [3.63, 3.8) is 0 Å². The molecule has 0 atom stereocenters. The lowest BCUT2D eigenvalue weighted by Crippen LogP contribution is -2.26. The average molecular weight is 194 g/mol. The molecule has 0 saturated heterocycles. The van der Waals surface area contributed by atoms with Gasteiger partial charge in [0.05, 0.1) is 17.9 Å². The van der Waals surface area contributed by atoms with Gasteiger partial charge in [-0.3, -0.25) is 4.99 Å². The second-order valence-electron chi connectivity index (χ2n) is 2.98. The maximum atomic E-state index is 13.0. The molecule has 0 saturated carbocycles. The number of rotatable bonds is 1. The predicted molar refractivity (Wildman–Crippen MR) is 54.7 cm³/mol. The number of nitrogens with two attached hydrogens (primary N) is 1. The lowest BCUT2D eigenvalue weighted by atomic mass is 10.2. The van der Waals surface area contributed by atoms with Crippen molar-refractivity contribution < 1.29 is 4.39 Å². The highest BCUT2D eigenvalue weighted by molar-refractivity contribution is 5.97. The first kappa shape index (κ1) is 8.80. The highest BCUT2D eigenvalue weighted by Gasteiger charge is 2.08. The van der Waals surface area contributed by atoms with Gasteiger partial charge in [-0.25, -0.2) is 4.39 Å². The molecule has 1 aliphatic heterocycles. The SMILES string of the molecule is Nc1c(F)cccc1NC1=NCCN1. The van der Waals surface area contributed by atoms with E-state index in [1.165, 1.54) is 6.07 Å². The van der Waals surface area contributed by atoms with E-state index in [0.717, 1.165) is 13.1 Å². The van der Waals surface area contributed by atoms with Crippen LogP contribution in [0.1, 0.15) is 0 Å². The maximum Gasteiger partial charge on any atom is 0.195 e. The number of para-hydroxylation sites is 1. The molecule has 0 amide bonds. The summed E-state index contributed by atoms with van der Waals surface area (Å²) in [7, 11) is 0. The Morgan fingerprint density at radius 3 is 3.07 bits per heavy atom. The van der Waals surface area contributed by atoms with E-state index >= 15 is 0 Å². The lowest BCUT2D eigenvalue weighted by Gasteiger charge is -2.09. The summed E-state index contributed by atoms with van der Waals surface area (Å²) in [6, 6.07) is 4.63. The van der Waals surface area contributed by atoms with Crippen LogP contribution in [-0.4, -0.2) is 19.0 Å². The molecule has 0 unspecified atom stereocenters. The van der Waals surface area contributed by atoms with Crippen molar-refractivity contribution in [2.45, 2.75) is 0 Å². The number of hydrogen-bond donors (Lipinski definition) is 3. The van der Waals surface area contributed by atoms with Crippen molar-refractivity contribution in [2.24, 2.45) is 4.99 Å². The number of guanidine groups is 1. The van der Waals surface area contributed by atoms with E-state index in [1.807, 2.05) is 0 Å². The fourth-order valence-electron chi connectivity index (χ4n) is 1.26. The molecule has 74 valence electrons. The lowest BCUT2D eigenvalue weighted by molar-refractivity contribution is 0.633. The molecule has 5 heteroatoms. The van der Waals surface area contributed by atoms with Crippen LogP contribution in [0.15, 0.2) is 23.2 Å². The molecule has 0 aliphatic carbocycles. The first-order valence-electron chi connectivity index (χ1n) is 4.37. The second-order valence-corrected chi connectivity index (χ2v) is 2.98. The van der Waals surface area contributed by atoms with Crippen LogP contribution in [0.4, 0.5) is 15.8 Å². The minimum atomic E-state index is -0.423. The molecule has 14 heavy (non-hydrogen) atoms. The number of nitrogens with one attached hydrogen (secondary N) is 2. The van der Waals surface area contributed by atoms with E-state index < -0.39 is 5.82 Å². The second kappa shape index (κ2) is 3.53. The Morgan fingerprint density at radius 2 is 2.36 bits per heavy atom. The number of halogens is 1. The zero-order valence-electron chi connectivity index (χ0n) is 7.55. The summed E-state index contributed by atoms with van der Waals surface area (Å²) in [6.07, 6.45) is 0. The molecule has 1 heterocycles. The van der Waals surface area contributed by atoms with Crippen molar-refractivity contribution in [1.29, 1.82) is 0 Å². The van der Waals surface area contributed by atoms with Gasteiger partial charge in [-0.1, -0.05) is 6.07 Å². The quantitative estimate of drug-likeness (QED) is 0.579. The van der Waals surface area contributed by atoms with E-state index in [-0.39, 0.29) is 5.69 Å². The van der Waals surface area contributed by atoms with E-state index in [2.05, 4.69) is 15.6 Å². The van der Waals surface area contributed by atoms with Gasteiger partial charge in [0.2, 0.25) is 0 Å². The Morgan fingerprint density at radius 1 is 1.50 bits per heavy atom. The number of nitrogen functional groups attached to an aromatic ring is 1. The largest absolute Gasteiger partial charge is 0.395 e. The van der Waals surface area contributed by atoms with Crippen molar-refractivity contribution >= 4 is 17.3 Å². The van der Waals surface area contributed by atoms with Crippen LogP contribution in [0.2, 0.25) is 0 Å². The zero-order valence-corrected chi connectivity index (χ0v) is 7.55. The van der Waals surface area contributed by atoms with E-state index in [4.69, 9.17) is 5.73 Å². The number of benzene rings is 1. The van der Waals surface area contributed by atoms with Gasteiger partial charge < -0.3 is 16.4 Å². The summed E-state index contributed by atoms with van der Waals surface area (Å²) in [6.45, 7) is 1.54. The topological polar surface area (TPSA) is 62.4 Å².